The van der Waals surface area contributed by atoms with E-state index in [1.807, 2.05) is 10.7 Å². The van der Waals surface area contributed by atoms with Gasteiger partial charge in [0.2, 0.25) is 11.9 Å². The molecule has 2 N–H and O–H groups in total. The van der Waals surface area contributed by atoms with E-state index in [0.717, 1.165) is 62.7 Å². The van der Waals surface area contributed by atoms with Gasteiger partial charge in [-0.3, -0.25) is 0 Å². The van der Waals surface area contributed by atoms with Crippen molar-refractivity contribution in [3.05, 3.63) is 47.2 Å². The summed E-state index contributed by atoms with van der Waals surface area (Å²) in [7, 11) is 0. The second kappa shape index (κ2) is 9.06. The maximum Gasteiger partial charge on any atom is 0.229 e. The lowest BCUT2D eigenvalue weighted by Crippen LogP contribution is -2.36. The quantitative estimate of drug-likeness (QED) is 0.573. The third kappa shape index (κ3) is 4.31. The van der Waals surface area contributed by atoms with Crippen molar-refractivity contribution in [1.82, 2.24) is 19.6 Å². The molecule has 0 saturated carbocycles. The zero-order chi connectivity index (χ0) is 22.0. The van der Waals surface area contributed by atoms with E-state index in [-0.39, 0.29) is 5.41 Å². The summed E-state index contributed by atoms with van der Waals surface area (Å²) in [6, 6.07) is 8.75. The van der Waals surface area contributed by atoms with Gasteiger partial charge in [0.15, 0.2) is 5.65 Å². The third-order valence-electron chi connectivity index (χ3n) is 7.15. The Hall–Kier alpha value is -2.67. The fraction of sp³-hybridized carbons (Fsp3) is 0.560. The molecule has 4 heterocycles. The van der Waals surface area contributed by atoms with Gasteiger partial charge in [-0.2, -0.15) is 19.6 Å². The Kier molecular flexibility index (Phi) is 6.00. The van der Waals surface area contributed by atoms with E-state index in [4.69, 9.17) is 14.7 Å². The summed E-state index contributed by atoms with van der Waals surface area (Å²) in [5.41, 5.74) is 5.00. The van der Waals surface area contributed by atoms with Gasteiger partial charge in [-0.15, -0.1) is 0 Å². The molecule has 0 unspecified atom stereocenters. The van der Waals surface area contributed by atoms with E-state index < -0.39 is 0 Å². The van der Waals surface area contributed by atoms with Crippen molar-refractivity contribution in [2.24, 2.45) is 5.41 Å². The lowest BCUT2D eigenvalue weighted by atomic mass is 9.75. The monoisotopic (exact) mass is 434 g/mol. The van der Waals surface area contributed by atoms with Crippen LogP contribution in [0.3, 0.4) is 0 Å². The number of hydrogen-bond donors (Lipinski definition) is 2. The van der Waals surface area contributed by atoms with Crippen LogP contribution < -0.4 is 10.6 Å². The summed E-state index contributed by atoms with van der Waals surface area (Å²) in [6.45, 7) is 7.65. The highest BCUT2D eigenvalue weighted by molar-refractivity contribution is 5.56. The number of aromatic nitrogens is 4. The van der Waals surface area contributed by atoms with Crippen molar-refractivity contribution in [3.8, 4) is 0 Å². The Morgan fingerprint density at radius 1 is 1.00 bits per heavy atom. The van der Waals surface area contributed by atoms with Crippen molar-refractivity contribution in [2.75, 3.05) is 30.4 Å². The Bertz CT molecular complexity index is 1070. The van der Waals surface area contributed by atoms with Crippen LogP contribution >= 0.6 is 0 Å². The molecule has 2 bridgehead atoms. The van der Waals surface area contributed by atoms with Gasteiger partial charge in [0.25, 0.3) is 0 Å². The molecule has 7 nitrogen and oxygen atoms in total. The molecule has 0 aliphatic carbocycles. The van der Waals surface area contributed by atoms with Gasteiger partial charge in [-0.05, 0) is 54.6 Å². The first-order valence-corrected chi connectivity index (χ1v) is 12.0. The van der Waals surface area contributed by atoms with E-state index in [1.54, 1.807) is 0 Å². The first-order chi connectivity index (χ1) is 15.6. The van der Waals surface area contributed by atoms with Crippen LogP contribution in [0.4, 0.5) is 11.9 Å². The van der Waals surface area contributed by atoms with Gasteiger partial charge in [0.1, 0.15) is 0 Å². The van der Waals surface area contributed by atoms with Crippen LogP contribution in [-0.2, 0) is 17.7 Å². The Balaban J connectivity index is 1.55. The van der Waals surface area contributed by atoms with E-state index in [9.17, 15) is 0 Å². The molecule has 1 aromatic carbocycles. The molecule has 32 heavy (non-hydrogen) atoms. The first kappa shape index (κ1) is 21.2. The summed E-state index contributed by atoms with van der Waals surface area (Å²) >= 11 is 0. The lowest BCUT2D eigenvalue weighted by Gasteiger charge is -2.37. The van der Waals surface area contributed by atoms with Crippen LogP contribution in [0.2, 0.25) is 0 Å². The predicted octanol–water partition coefficient (Wildman–Crippen LogP) is 4.79. The molecule has 2 aliphatic rings. The Morgan fingerprint density at radius 2 is 1.81 bits per heavy atom. The minimum absolute atomic E-state index is 0.242. The van der Waals surface area contributed by atoms with Crippen molar-refractivity contribution in [3.63, 3.8) is 0 Å². The molecule has 2 aromatic heterocycles. The minimum atomic E-state index is 0.242. The molecule has 1 saturated heterocycles. The molecule has 2 aliphatic heterocycles. The average molecular weight is 435 g/mol. The lowest BCUT2D eigenvalue weighted by molar-refractivity contribution is 0.0156. The zero-order valence-corrected chi connectivity index (χ0v) is 19.2. The highest BCUT2D eigenvalue weighted by atomic mass is 16.5. The van der Waals surface area contributed by atoms with Crippen molar-refractivity contribution in [2.45, 2.75) is 64.8 Å². The molecule has 7 heteroatoms. The van der Waals surface area contributed by atoms with Crippen LogP contribution in [0.25, 0.3) is 5.65 Å². The fourth-order valence-electron chi connectivity index (χ4n) is 5.04. The Labute approximate surface area is 190 Å². The molecule has 0 radical (unpaired) electrons. The number of nitrogens with one attached hydrogen (secondary N) is 2. The van der Waals surface area contributed by atoms with E-state index in [2.05, 4.69) is 53.8 Å². The van der Waals surface area contributed by atoms with Gasteiger partial charge in [0.05, 0.1) is 6.20 Å². The number of anilines is 2. The molecule has 5 rings (SSSR count). The smallest absolute Gasteiger partial charge is 0.229 e. The van der Waals surface area contributed by atoms with Crippen molar-refractivity contribution < 1.29 is 4.74 Å². The van der Waals surface area contributed by atoms with Crippen LogP contribution in [0.1, 0.15) is 68.6 Å². The van der Waals surface area contributed by atoms with Crippen LogP contribution in [-0.4, -0.2) is 39.3 Å². The second-order valence-corrected chi connectivity index (χ2v) is 9.66. The normalized spacial score (nSPS) is 19.2. The van der Waals surface area contributed by atoms with E-state index in [1.165, 1.54) is 30.4 Å². The standard InChI is InChI=1S/C25H34N6O/c1-18(2)21-16-28-31-22(21)29-23-27-17-25(11-13-32-14-12-25)10-6-5-8-19-7-3-4-9-20(19)15-26-24(31)30-23/h3-4,7,9,16,18H,5-6,8,10-15,17H2,1-2H3,(H2,26,27,29,30). The number of rotatable bonds is 1. The second-order valence-electron chi connectivity index (χ2n) is 9.66. The molecule has 0 amide bonds. The molecule has 1 spiro atoms. The summed E-state index contributed by atoms with van der Waals surface area (Å²) in [6.07, 6.45) is 8.87. The van der Waals surface area contributed by atoms with Crippen LogP contribution in [0.15, 0.2) is 30.5 Å². The minimum Gasteiger partial charge on any atom is -0.381 e. The highest BCUT2D eigenvalue weighted by Crippen LogP contribution is 2.36. The number of fused-ring (bicyclic) bond motifs is 5. The molecular weight excluding hydrogens is 400 g/mol. The van der Waals surface area contributed by atoms with Gasteiger partial charge in [-0.25, -0.2) is 0 Å². The summed E-state index contributed by atoms with van der Waals surface area (Å²) in [5, 5.41) is 11.8. The highest BCUT2D eigenvalue weighted by Gasteiger charge is 2.32. The summed E-state index contributed by atoms with van der Waals surface area (Å²) in [5.74, 6) is 1.76. The maximum absolute atomic E-state index is 5.71. The van der Waals surface area contributed by atoms with Gasteiger partial charge in [0, 0.05) is 31.9 Å². The number of aryl methyl sites for hydroxylation is 1. The average Bonchev–Trinajstić information content (AvgIpc) is 3.24. The maximum atomic E-state index is 5.71. The number of benzene rings is 1. The van der Waals surface area contributed by atoms with Crippen molar-refractivity contribution >= 4 is 17.5 Å². The topological polar surface area (TPSA) is 76.4 Å². The van der Waals surface area contributed by atoms with Crippen LogP contribution in [0, 0.1) is 5.41 Å². The SMILES string of the molecule is CC(C)c1cnn2c3nc(nc12)NCC1(CCCCc2ccccc2CN3)CCOCC1. The third-order valence-corrected chi connectivity index (χ3v) is 7.15. The summed E-state index contributed by atoms with van der Waals surface area (Å²) in [4.78, 5) is 9.73. The first-order valence-electron chi connectivity index (χ1n) is 12.0. The van der Waals surface area contributed by atoms with Gasteiger partial charge in [-0.1, -0.05) is 44.5 Å². The van der Waals surface area contributed by atoms with Crippen molar-refractivity contribution in [1.29, 1.82) is 0 Å². The molecule has 170 valence electrons. The number of nitrogens with zero attached hydrogens (tertiary/aromatic N) is 4. The summed E-state index contributed by atoms with van der Waals surface area (Å²) < 4.78 is 7.55. The Morgan fingerprint density at radius 3 is 2.62 bits per heavy atom. The number of hydrogen-bond acceptors (Lipinski definition) is 6. The molecule has 1 fully saturated rings. The predicted molar refractivity (Wildman–Crippen MR) is 127 cm³/mol. The molecule has 0 atom stereocenters. The molecule has 3 aromatic rings. The van der Waals surface area contributed by atoms with E-state index in [0.29, 0.717) is 11.9 Å². The number of ether oxygens (including phenoxy) is 1. The largest absolute Gasteiger partial charge is 0.381 e. The fourth-order valence-corrected chi connectivity index (χ4v) is 5.04. The van der Waals surface area contributed by atoms with Gasteiger partial charge >= 0.3 is 0 Å². The molecular formula is C25H34N6O. The van der Waals surface area contributed by atoms with E-state index >= 15 is 0 Å². The van der Waals surface area contributed by atoms with Crippen LogP contribution in [0.5, 0.6) is 0 Å². The zero-order valence-electron chi connectivity index (χ0n) is 19.2. The van der Waals surface area contributed by atoms with Gasteiger partial charge < -0.3 is 15.4 Å².